The number of rotatable bonds is 7. The SMILES string of the molecule is CCCC(=O)Nc1ccc(-c2csc(CC(=O)Nc3ccc(C)cc3)n2)cc1. The van der Waals surface area contributed by atoms with E-state index in [1.807, 2.05) is 67.8 Å². The summed E-state index contributed by atoms with van der Waals surface area (Å²) in [5, 5.41) is 8.47. The van der Waals surface area contributed by atoms with Gasteiger partial charge in [-0.25, -0.2) is 4.98 Å². The third-order valence-electron chi connectivity index (χ3n) is 4.14. The topological polar surface area (TPSA) is 71.1 Å². The number of anilines is 2. The monoisotopic (exact) mass is 393 g/mol. The molecule has 6 heteroatoms. The van der Waals surface area contributed by atoms with Gasteiger partial charge < -0.3 is 10.6 Å². The minimum absolute atomic E-state index is 0.0192. The van der Waals surface area contributed by atoms with Crippen LogP contribution in [-0.4, -0.2) is 16.8 Å². The molecule has 1 aromatic heterocycles. The molecule has 3 aromatic rings. The molecule has 0 aliphatic heterocycles. The van der Waals surface area contributed by atoms with Crippen molar-refractivity contribution in [2.45, 2.75) is 33.1 Å². The number of aryl methyl sites for hydroxylation is 1. The van der Waals surface area contributed by atoms with E-state index in [2.05, 4.69) is 15.6 Å². The number of nitrogens with one attached hydrogen (secondary N) is 2. The van der Waals surface area contributed by atoms with Crippen molar-refractivity contribution in [3.8, 4) is 11.3 Å². The third-order valence-corrected chi connectivity index (χ3v) is 4.99. The predicted molar refractivity (Wildman–Crippen MR) is 115 cm³/mol. The Hall–Kier alpha value is -2.99. The van der Waals surface area contributed by atoms with E-state index in [-0.39, 0.29) is 18.2 Å². The number of hydrogen-bond acceptors (Lipinski definition) is 4. The molecule has 0 fully saturated rings. The summed E-state index contributed by atoms with van der Waals surface area (Å²) in [6.07, 6.45) is 1.58. The fraction of sp³-hybridized carbons (Fsp3) is 0.227. The first-order valence-corrected chi connectivity index (χ1v) is 10.1. The van der Waals surface area contributed by atoms with Crippen molar-refractivity contribution in [3.05, 3.63) is 64.5 Å². The molecule has 2 N–H and O–H groups in total. The summed E-state index contributed by atoms with van der Waals surface area (Å²) in [4.78, 5) is 28.5. The van der Waals surface area contributed by atoms with Crippen LogP contribution in [0.15, 0.2) is 53.9 Å². The molecule has 2 aromatic carbocycles. The van der Waals surface area contributed by atoms with Gasteiger partial charge in [-0.15, -0.1) is 11.3 Å². The second kappa shape index (κ2) is 9.28. The zero-order valence-corrected chi connectivity index (χ0v) is 16.8. The number of hydrogen-bond donors (Lipinski definition) is 2. The van der Waals surface area contributed by atoms with Crippen LogP contribution in [0.4, 0.5) is 11.4 Å². The van der Waals surface area contributed by atoms with Crippen LogP contribution in [0.25, 0.3) is 11.3 Å². The van der Waals surface area contributed by atoms with Crippen LogP contribution in [-0.2, 0) is 16.0 Å². The van der Waals surface area contributed by atoms with Crippen LogP contribution in [0, 0.1) is 6.92 Å². The lowest BCUT2D eigenvalue weighted by Crippen LogP contribution is -2.14. The van der Waals surface area contributed by atoms with Gasteiger partial charge in [0.2, 0.25) is 11.8 Å². The third kappa shape index (κ3) is 5.50. The lowest BCUT2D eigenvalue weighted by atomic mass is 10.1. The molecule has 0 radical (unpaired) electrons. The summed E-state index contributed by atoms with van der Waals surface area (Å²) in [5.41, 5.74) is 4.49. The fourth-order valence-electron chi connectivity index (χ4n) is 2.68. The Bertz CT molecular complexity index is 947. The molecule has 5 nitrogen and oxygen atoms in total. The summed E-state index contributed by atoms with van der Waals surface area (Å²) in [6, 6.07) is 15.3. The minimum Gasteiger partial charge on any atom is -0.326 e. The molecule has 144 valence electrons. The number of nitrogens with zero attached hydrogens (tertiary/aromatic N) is 1. The Kier molecular flexibility index (Phi) is 6.55. The molecule has 0 atom stereocenters. The number of carbonyl (C=O) groups excluding carboxylic acids is 2. The molecule has 2 amide bonds. The van der Waals surface area contributed by atoms with Crippen molar-refractivity contribution in [2.75, 3.05) is 10.6 Å². The second-order valence-corrected chi connectivity index (χ2v) is 7.54. The maximum absolute atomic E-state index is 12.2. The van der Waals surface area contributed by atoms with Crippen molar-refractivity contribution in [3.63, 3.8) is 0 Å². The molecular formula is C22H23N3O2S. The van der Waals surface area contributed by atoms with Crippen LogP contribution < -0.4 is 10.6 Å². The summed E-state index contributed by atoms with van der Waals surface area (Å²) < 4.78 is 0. The summed E-state index contributed by atoms with van der Waals surface area (Å²) in [5.74, 6) is -0.0653. The molecule has 0 unspecified atom stereocenters. The Morgan fingerprint density at radius 2 is 1.54 bits per heavy atom. The van der Waals surface area contributed by atoms with Crippen LogP contribution in [0.2, 0.25) is 0 Å². The Morgan fingerprint density at radius 3 is 2.18 bits per heavy atom. The quantitative estimate of drug-likeness (QED) is 0.591. The van der Waals surface area contributed by atoms with E-state index >= 15 is 0 Å². The molecule has 0 saturated heterocycles. The maximum Gasteiger partial charge on any atom is 0.231 e. The smallest absolute Gasteiger partial charge is 0.231 e. The van der Waals surface area contributed by atoms with E-state index in [1.54, 1.807) is 0 Å². The highest BCUT2D eigenvalue weighted by Gasteiger charge is 2.10. The Morgan fingerprint density at radius 1 is 0.929 bits per heavy atom. The number of benzene rings is 2. The summed E-state index contributed by atoms with van der Waals surface area (Å²) in [6.45, 7) is 3.98. The van der Waals surface area contributed by atoms with E-state index in [1.165, 1.54) is 11.3 Å². The van der Waals surface area contributed by atoms with E-state index in [0.29, 0.717) is 6.42 Å². The van der Waals surface area contributed by atoms with Gasteiger partial charge in [-0.1, -0.05) is 36.8 Å². The Labute approximate surface area is 168 Å². The minimum atomic E-state index is -0.0845. The molecular weight excluding hydrogens is 370 g/mol. The lowest BCUT2D eigenvalue weighted by Gasteiger charge is -2.05. The van der Waals surface area contributed by atoms with Crippen LogP contribution in [0.1, 0.15) is 30.3 Å². The van der Waals surface area contributed by atoms with Crippen LogP contribution in [0.3, 0.4) is 0 Å². The van der Waals surface area contributed by atoms with Gasteiger partial charge in [0, 0.05) is 28.7 Å². The summed E-state index contributed by atoms with van der Waals surface area (Å²) >= 11 is 1.47. The highest BCUT2D eigenvalue weighted by atomic mass is 32.1. The van der Waals surface area contributed by atoms with Gasteiger partial charge >= 0.3 is 0 Å². The molecule has 0 bridgehead atoms. The van der Waals surface area contributed by atoms with Gasteiger partial charge in [0.05, 0.1) is 12.1 Å². The fourth-order valence-corrected chi connectivity index (χ4v) is 3.48. The molecule has 0 spiro atoms. The van der Waals surface area contributed by atoms with E-state index in [4.69, 9.17) is 0 Å². The number of aromatic nitrogens is 1. The van der Waals surface area contributed by atoms with Gasteiger partial charge in [-0.3, -0.25) is 9.59 Å². The molecule has 1 heterocycles. The van der Waals surface area contributed by atoms with Gasteiger partial charge in [0.1, 0.15) is 5.01 Å². The first-order chi connectivity index (χ1) is 13.5. The average molecular weight is 394 g/mol. The van der Waals surface area contributed by atoms with E-state index in [9.17, 15) is 9.59 Å². The largest absolute Gasteiger partial charge is 0.326 e. The van der Waals surface area contributed by atoms with Gasteiger partial charge in [-0.2, -0.15) is 0 Å². The van der Waals surface area contributed by atoms with Crippen molar-refractivity contribution in [2.24, 2.45) is 0 Å². The first kappa shape index (κ1) is 19.8. The van der Waals surface area contributed by atoms with Crippen LogP contribution in [0.5, 0.6) is 0 Å². The number of thiazole rings is 1. The van der Waals surface area contributed by atoms with E-state index < -0.39 is 0 Å². The van der Waals surface area contributed by atoms with E-state index in [0.717, 1.165) is 39.6 Å². The first-order valence-electron chi connectivity index (χ1n) is 9.24. The van der Waals surface area contributed by atoms with Crippen LogP contribution >= 0.6 is 11.3 Å². The van der Waals surface area contributed by atoms with Crippen molar-refractivity contribution in [1.29, 1.82) is 0 Å². The second-order valence-electron chi connectivity index (χ2n) is 6.59. The van der Waals surface area contributed by atoms with Crippen molar-refractivity contribution >= 4 is 34.5 Å². The normalized spacial score (nSPS) is 10.5. The lowest BCUT2D eigenvalue weighted by molar-refractivity contribution is -0.116. The molecule has 0 aliphatic rings. The predicted octanol–water partition coefficient (Wildman–Crippen LogP) is 5.04. The maximum atomic E-state index is 12.2. The van der Waals surface area contributed by atoms with Gasteiger partial charge in [-0.05, 0) is 37.6 Å². The van der Waals surface area contributed by atoms with Gasteiger partial charge in [0.15, 0.2) is 0 Å². The average Bonchev–Trinajstić information content (AvgIpc) is 3.13. The molecule has 28 heavy (non-hydrogen) atoms. The molecule has 3 rings (SSSR count). The van der Waals surface area contributed by atoms with Gasteiger partial charge in [0.25, 0.3) is 0 Å². The zero-order valence-electron chi connectivity index (χ0n) is 16.0. The number of amides is 2. The summed E-state index contributed by atoms with van der Waals surface area (Å²) in [7, 11) is 0. The molecule has 0 aliphatic carbocycles. The van der Waals surface area contributed by atoms with Crippen molar-refractivity contribution < 1.29 is 9.59 Å². The molecule has 0 saturated carbocycles. The van der Waals surface area contributed by atoms with Crippen molar-refractivity contribution in [1.82, 2.24) is 4.98 Å². The highest BCUT2D eigenvalue weighted by molar-refractivity contribution is 7.10. The standard InChI is InChI=1S/C22H23N3O2S/c1-3-4-20(26)23-18-11-7-16(8-12-18)19-14-28-22(25-19)13-21(27)24-17-9-5-15(2)6-10-17/h5-12,14H,3-4,13H2,1-2H3,(H,23,26)(H,24,27). The number of carbonyl (C=O) groups is 2. The Balaban J connectivity index is 1.59. The zero-order chi connectivity index (χ0) is 19.9. The highest BCUT2D eigenvalue weighted by Crippen LogP contribution is 2.24.